The van der Waals surface area contributed by atoms with Crippen LogP contribution in [0, 0.1) is 17.6 Å². The number of benzene rings is 1. The van der Waals surface area contributed by atoms with Crippen LogP contribution >= 0.6 is 0 Å². The Kier molecular flexibility index (Phi) is 7.60. The summed E-state index contributed by atoms with van der Waals surface area (Å²) < 4.78 is 64.6. The zero-order valence-corrected chi connectivity index (χ0v) is 17.0. The highest BCUT2D eigenvalue weighted by molar-refractivity contribution is 5.52. The van der Waals surface area contributed by atoms with Gasteiger partial charge in [-0.25, -0.2) is 8.78 Å². The first-order valence-electron chi connectivity index (χ1n) is 10.3. The Morgan fingerprint density at radius 2 is 1.86 bits per heavy atom. The fraction of sp³-hybridized carbons (Fsp3) is 0.636. The van der Waals surface area contributed by atoms with Crippen molar-refractivity contribution < 1.29 is 32.1 Å². The van der Waals surface area contributed by atoms with Gasteiger partial charge in [-0.1, -0.05) is 25.5 Å². The van der Waals surface area contributed by atoms with Crippen molar-refractivity contribution in [3.05, 3.63) is 35.4 Å². The van der Waals surface area contributed by atoms with Gasteiger partial charge in [-0.15, -0.1) is 0 Å². The highest BCUT2D eigenvalue weighted by Crippen LogP contribution is 2.32. The molecule has 3 rings (SSSR count). The molecule has 2 fully saturated rings. The van der Waals surface area contributed by atoms with Gasteiger partial charge < -0.3 is 18.9 Å². The van der Waals surface area contributed by atoms with Crippen molar-refractivity contribution in [2.45, 2.75) is 57.6 Å². The van der Waals surface area contributed by atoms with Crippen LogP contribution in [-0.2, 0) is 14.2 Å². The first-order valence-corrected chi connectivity index (χ1v) is 10.3. The second-order valence-electron chi connectivity index (χ2n) is 7.67. The van der Waals surface area contributed by atoms with Gasteiger partial charge in [-0.05, 0) is 38.3 Å². The van der Waals surface area contributed by atoms with Crippen molar-refractivity contribution in [3.8, 4) is 5.75 Å². The fourth-order valence-electron chi connectivity index (χ4n) is 3.73. The summed E-state index contributed by atoms with van der Waals surface area (Å²) in [6.07, 6.45) is 5.24. The first kappa shape index (κ1) is 22.1. The van der Waals surface area contributed by atoms with Gasteiger partial charge in [0, 0.05) is 11.5 Å². The molecule has 0 aliphatic carbocycles. The van der Waals surface area contributed by atoms with Crippen molar-refractivity contribution in [3.63, 3.8) is 0 Å². The molecule has 2 heterocycles. The van der Waals surface area contributed by atoms with Crippen molar-refractivity contribution in [1.82, 2.24) is 0 Å². The van der Waals surface area contributed by atoms with E-state index in [2.05, 4.69) is 0 Å². The molecule has 7 heteroatoms. The quantitative estimate of drug-likeness (QED) is 0.626. The van der Waals surface area contributed by atoms with Crippen LogP contribution < -0.4 is 4.74 Å². The maximum absolute atomic E-state index is 14.4. The second kappa shape index (κ2) is 9.96. The van der Waals surface area contributed by atoms with Crippen molar-refractivity contribution in [2.75, 3.05) is 26.4 Å². The molecule has 2 saturated heterocycles. The van der Waals surface area contributed by atoms with Gasteiger partial charge in [0.05, 0.1) is 32.5 Å². The molecule has 2 atom stereocenters. The first-order chi connectivity index (χ1) is 14.0. The van der Waals surface area contributed by atoms with Crippen LogP contribution in [0.1, 0.15) is 45.1 Å². The molecule has 1 aromatic carbocycles. The summed E-state index contributed by atoms with van der Waals surface area (Å²) in [5.41, 5.74) is -1.26. The average molecular weight is 414 g/mol. The summed E-state index contributed by atoms with van der Waals surface area (Å²) in [7, 11) is 0. The van der Waals surface area contributed by atoms with Gasteiger partial charge >= 0.3 is 0 Å². The predicted molar refractivity (Wildman–Crippen MR) is 103 cm³/mol. The van der Waals surface area contributed by atoms with Gasteiger partial charge in [0.25, 0.3) is 0 Å². The van der Waals surface area contributed by atoms with Crippen LogP contribution in [0.5, 0.6) is 5.75 Å². The summed E-state index contributed by atoms with van der Waals surface area (Å²) in [5.74, 6) is -1.99. The van der Waals surface area contributed by atoms with E-state index in [0.717, 1.165) is 12.8 Å². The Morgan fingerprint density at radius 1 is 1.10 bits per heavy atom. The van der Waals surface area contributed by atoms with E-state index in [0.29, 0.717) is 19.4 Å². The van der Waals surface area contributed by atoms with Gasteiger partial charge in [0.15, 0.2) is 23.5 Å². The second-order valence-corrected chi connectivity index (χ2v) is 7.67. The number of alkyl halides is 1. The fourth-order valence-corrected chi connectivity index (χ4v) is 3.73. The molecule has 4 nitrogen and oxygen atoms in total. The predicted octanol–water partition coefficient (Wildman–Crippen LogP) is 5.05. The van der Waals surface area contributed by atoms with Gasteiger partial charge in [-0.3, -0.25) is 0 Å². The van der Waals surface area contributed by atoms with E-state index in [1.165, 1.54) is 18.2 Å². The molecule has 0 aromatic heterocycles. The average Bonchev–Trinajstić information content (AvgIpc) is 2.72. The van der Waals surface area contributed by atoms with E-state index in [9.17, 15) is 13.2 Å². The maximum atomic E-state index is 14.4. The molecule has 162 valence electrons. The van der Waals surface area contributed by atoms with E-state index in [1.54, 1.807) is 13.0 Å². The molecule has 0 saturated carbocycles. The molecule has 0 N–H and O–H groups in total. The number of hydrogen-bond donors (Lipinski definition) is 0. The van der Waals surface area contributed by atoms with Crippen LogP contribution in [0.15, 0.2) is 18.2 Å². The lowest BCUT2D eigenvalue weighted by Gasteiger charge is -2.39. The SMILES string of the molecule is CCCC1(F)COC(C2CCC(C=Cc3ccc(OCC)c(F)c3F)OC2)OC1. The highest BCUT2D eigenvalue weighted by Gasteiger charge is 2.40. The van der Waals surface area contributed by atoms with Crippen molar-refractivity contribution >= 4 is 6.08 Å². The normalized spacial score (nSPS) is 30.6. The summed E-state index contributed by atoms with van der Waals surface area (Å²) >= 11 is 0. The minimum Gasteiger partial charge on any atom is -0.491 e. The third kappa shape index (κ3) is 5.53. The van der Waals surface area contributed by atoms with E-state index in [1.807, 2.05) is 6.92 Å². The van der Waals surface area contributed by atoms with E-state index < -0.39 is 23.6 Å². The van der Waals surface area contributed by atoms with Crippen molar-refractivity contribution in [1.29, 1.82) is 0 Å². The maximum Gasteiger partial charge on any atom is 0.201 e. The summed E-state index contributed by atoms with van der Waals surface area (Å²) in [5, 5.41) is 0. The van der Waals surface area contributed by atoms with Gasteiger partial charge in [-0.2, -0.15) is 4.39 Å². The topological polar surface area (TPSA) is 36.9 Å². The Labute approximate surface area is 170 Å². The standard InChI is InChI=1S/C22H29F3O4/c1-3-11-22(25)13-28-21(29-14-22)16-6-9-17(27-12-16)8-5-15-7-10-18(26-4-2)20(24)19(15)23/h5,7-8,10,16-17,21H,3-4,6,9,11-14H2,1-2H3. The van der Waals surface area contributed by atoms with E-state index in [4.69, 9.17) is 18.9 Å². The number of rotatable bonds is 7. The molecule has 1 aromatic rings. The molecular formula is C22H29F3O4. The lowest BCUT2D eigenvalue weighted by molar-refractivity contribution is -0.264. The Morgan fingerprint density at radius 3 is 2.48 bits per heavy atom. The minimum atomic E-state index is -1.40. The molecular weight excluding hydrogens is 385 g/mol. The molecule has 0 amide bonds. The van der Waals surface area contributed by atoms with Crippen LogP contribution in [-0.4, -0.2) is 44.5 Å². The van der Waals surface area contributed by atoms with Crippen molar-refractivity contribution in [2.24, 2.45) is 5.92 Å². The molecule has 2 aliphatic heterocycles. The number of halogens is 3. The molecule has 2 aliphatic rings. The third-order valence-corrected chi connectivity index (χ3v) is 5.31. The smallest absolute Gasteiger partial charge is 0.201 e. The highest BCUT2D eigenvalue weighted by atomic mass is 19.2. The molecule has 0 bridgehead atoms. The molecule has 0 spiro atoms. The van der Waals surface area contributed by atoms with Crippen LogP contribution in [0.3, 0.4) is 0 Å². The zero-order chi connectivity index (χ0) is 20.9. The van der Waals surface area contributed by atoms with Crippen LogP contribution in [0.25, 0.3) is 6.08 Å². The molecule has 0 radical (unpaired) electrons. The van der Waals surface area contributed by atoms with Crippen LogP contribution in [0.4, 0.5) is 13.2 Å². The lowest BCUT2D eigenvalue weighted by Crippen LogP contribution is -2.48. The van der Waals surface area contributed by atoms with E-state index >= 15 is 0 Å². The largest absolute Gasteiger partial charge is 0.491 e. The van der Waals surface area contributed by atoms with Crippen LogP contribution in [0.2, 0.25) is 0 Å². The van der Waals surface area contributed by atoms with Gasteiger partial charge in [0.2, 0.25) is 5.82 Å². The third-order valence-electron chi connectivity index (χ3n) is 5.31. The Balaban J connectivity index is 1.50. The number of ether oxygens (including phenoxy) is 4. The monoisotopic (exact) mass is 414 g/mol. The summed E-state index contributed by atoms with van der Waals surface area (Å²) in [6, 6.07) is 2.90. The summed E-state index contributed by atoms with van der Waals surface area (Å²) in [6.45, 7) is 4.42. The molecule has 2 unspecified atom stereocenters. The zero-order valence-electron chi connectivity index (χ0n) is 17.0. The summed E-state index contributed by atoms with van der Waals surface area (Å²) in [4.78, 5) is 0. The Bertz CT molecular complexity index is 694. The number of hydrogen-bond acceptors (Lipinski definition) is 4. The Hall–Kier alpha value is -1.57. The molecule has 29 heavy (non-hydrogen) atoms. The van der Waals surface area contributed by atoms with Gasteiger partial charge in [0.1, 0.15) is 0 Å². The minimum absolute atomic E-state index is 0.0329. The lowest BCUT2D eigenvalue weighted by atomic mass is 9.95. The van der Waals surface area contributed by atoms with E-state index in [-0.39, 0.29) is 43.2 Å².